The van der Waals surface area contributed by atoms with Crippen LogP contribution >= 0.6 is 12.4 Å². The highest BCUT2D eigenvalue weighted by atomic mass is 35.5. The molecule has 1 aliphatic rings. The van der Waals surface area contributed by atoms with Gasteiger partial charge in [0.1, 0.15) is 6.61 Å². The van der Waals surface area contributed by atoms with Gasteiger partial charge in [-0.1, -0.05) is 36.4 Å². The van der Waals surface area contributed by atoms with Gasteiger partial charge in [0.15, 0.2) is 11.5 Å². The Kier molecular flexibility index (Phi) is 9.29. The average molecular weight is 419 g/mol. The lowest BCUT2D eigenvalue weighted by Gasteiger charge is -2.19. The lowest BCUT2D eigenvalue weighted by molar-refractivity contribution is -0.130. The summed E-state index contributed by atoms with van der Waals surface area (Å²) in [6.45, 7) is 3.17. The lowest BCUT2D eigenvalue weighted by Crippen LogP contribution is -2.26. The van der Waals surface area contributed by atoms with Crippen LogP contribution in [0, 0.1) is 5.92 Å². The first-order valence-electron chi connectivity index (χ1n) is 9.94. The highest BCUT2D eigenvalue weighted by molar-refractivity contribution is 5.85. The first kappa shape index (κ1) is 23.0. The number of nitrogens with one attached hydrogen (secondary N) is 1. The zero-order chi connectivity index (χ0) is 19.8. The van der Waals surface area contributed by atoms with Crippen molar-refractivity contribution in [2.75, 3.05) is 27.2 Å². The number of nitrogens with zero attached hydrogens (tertiary/aromatic N) is 1. The van der Waals surface area contributed by atoms with E-state index >= 15 is 0 Å². The van der Waals surface area contributed by atoms with Gasteiger partial charge >= 0.3 is 0 Å². The molecule has 2 aromatic carbocycles. The van der Waals surface area contributed by atoms with Crippen LogP contribution in [0.25, 0.3) is 0 Å². The van der Waals surface area contributed by atoms with Crippen molar-refractivity contribution in [2.24, 2.45) is 5.92 Å². The van der Waals surface area contributed by atoms with Gasteiger partial charge in [-0.2, -0.15) is 0 Å². The van der Waals surface area contributed by atoms with Crippen molar-refractivity contribution in [3.8, 4) is 11.5 Å². The average Bonchev–Trinajstić information content (AvgIpc) is 3.25. The highest BCUT2D eigenvalue weighted by Gasteiger charge is 2.17. The first-order valence-corrected chi connectivity index (χ1v) is 9.94. The van der Waals surface area contributed by atoms with Crippen LogP contribution in [0.1, 0.15) is 30.4 Å². The van der Waals surface area contributed by atoms with E-state index in [1.54, 1.807) is 12.0 Å². The molecule has 0 aromatic heterocycles. The molecule has 6 heteroatoms. The van der Waals surface area contributed by atoms with Crippen LogP contribution in [0.3, 0.4) is 0 Å². The quantitative estimate of drug-likeness (QED) is 0.667. The van der Waals surface area contributed by atoms with Crippen molar-refractivity contribution < 1.29 is 14.3 Å². The number of carbonyl (C=O) groups excluding carboxylic acids is 1. The van der Waals surface area contributed by atoms with Gasteiger partial charge in [0.25, 0.3) is 0 Å². The Morgan fingerprint density at radius 3 is 2.62 bits per heavy atom. The van der Waals surface area contributed by atoms with E-state index in [4.69, 9.17) is 9.47 Å². The van der Waals surface area contributed by atoms with Crippen LogP contribution in [0.15, 0.2) is 48.5 Å². The molecule has 158 valence electrons. The van der Waals surface area contributed by atoms with Crippen LogP contribution in [0.5, 0.6) is 11.5 Å². The fourth-order valence-corrected chi connectivity index (χ4v) is 3.51. The van der Waals surface area contributed by atoms with Crippen molar-refractivity contribution in [1.82, 2.24) is 10.2 Å². The van der Waals surface area contributed by atoms with Crippen LogP contribution in [-0.2, 0) is 17.9 Å². The minimum absolute atomic E-state index is 0. The van der Waals surface area contributed by atoms with Gasteiger partial charge < -0.3 is 19.7 Å². The fraction of sp³-hybridized carbons (Fsp3) is 0.435. The molecule has 0 spiro atoms. The summed E-state index contributed by atoms with van der Waals surface area (Å²) in [5.74, 6) is 2.22. The molecule has 1 N–H and O–H groups in total. The Balaban J connectivity index is 0.00000300. The SMILES string of the molecule is COc1cc(CN(C)C(=O)CCC2CCNC2)ccc1OCc1ccccc1.Cl. The smallest absolute Gasteiger partial charge is 0.222 e. The van der Waals surface area contributed by atoms with Crippen molar-refractivity contribution >= 4 is 18.3 Å². The third-order valence-corrected chi connectivity index (χ3v) is 5.24. The third kappa shape index (κ3) is 6.94. The second-order valence-corrected chi connectivity index (χ2v) is 7.41. The van der Waals surface area contributed by atoms with Gasteiger partial charge in [-0.15, -0.1) is 12.4 Å². The molecular weight excluding hydrogens is 388 g/mol. The maximum Gasteiger partial charge on any atom is 0.222 e. The molecule has 0 aliphatic carbocycles. The predicted molar refractivity (Wildman–Crippen MR) is 118 cm³/mol. The van der Waals surface area contributed by atoms with Gasteiger partial charge in [-0.05, 0) is 55.1 Å². The molecule has 0 radical (unpaired) electrons. The molecule has 5 nitrogen and oxygen atoms in total. The second-order valence-electron chi connectivity index (χ2n) is 7.41. The summed E-state index contributed by atoms with van der Waals surface area (Å²) < 4.78 is 11.4. The maximum absolute atomic E-state index is 12.4. The fourth-order valence-electron chi connectivity index (χ4n) is 3.51. The van der Waals surface area contributed by atoms with E-state index in [0.717, 1.165) is 30.6 Å². The maximum atomic E-state index is 12.4. The molecule has 1 fully saturated rings. The Bertz CT molecular complexity index is 764. The topological polar surface area (TPSA) is 50.8 Å². The summed E-state index contributed by atoms with van der Waals surface area (Å²) in [6, 6.07) is 15.9. The first-order chi connectivity index (χ1) is 13.7. The van der Waals surface area contributed by atoms with Gasteiger partial charge in [0.05, 0.1) is 7.11 Å². The monoisotopic (exact) mass is 418 g/mol. The van der Waals surface area contributed by atoms with Gasteiger partial charge in [0, 0.05) is 20.0 Å². The standard InChI is InChI=1S/C23H30N2O3.ClH/c1-25(23(26)11-9-18-12-13-24-15-18)16-20-8-10-21(22(14-20)27-2)28-17-19-6-4-3-5-7-19;/h3-8,10,14,18,24H,9,11-13,15-17H2,1-2H3;1H. The Morgan fingerprint density at radius 1 is 1.14 bits per heavy atom. The largest absolute Gasteiger partial charge is 0.493 e. The number of carbonyl (C=O) groups is 1. The van der Waals surface area contributed by atoms with E-state index in [2.05, 4.69) is 5.32 Å². The molecule has 1 saturated heterocycles. The normalized spacial score (nSPS) is 15.4. The van der Waals surface area contributed by atoms with Crippen molar-refractivity contribution in [2.45, 2.75) is 32.4 Å². The van der Waals surface area contributed by atoms with E-state index in [1.807, 2.05) is 55.6 Å². The lowest BCUT2D eigenvalue weighted by atomic mass is 10.0. The minimum atomic E-state index is 0. The molecule has 3 rings (SSSR count). The van der Waals surface area contributed by atoms with Crippen LogP contribution < -0.4 is 14.8 Å². The molecular formula is C23H31ClN2O3. The van der Waals surface area contributed by atoms with Crippen molar-refractivity contribution in [1.29, 1.82) is 0 Å². The molecule has 29 heavy (non-hydrogen) atoms. The van der Waals surface area contributed by atoms with Gasteiger partial charge in [-0.3, -0.25) is 4.79 Å². The summed E-state index contributed by atoms with van der Waals surface area (Å²) in [7, 11) is 3.50. The molecule has 1 unspecified atom stereocenters. The number of amides is 1. The molecule has 0 bridgehead atoms. The number of hydrogen-bond donors (Lipinski definition) is 1. The van der Waals surface area contributed by atoms with E-state index in [0.29, 0.717) is 37.0 Å². The molecule has 1 heterocycles. The second kappa shape index (κ2) is 11.7. The molecule has 1 aliphatic heterocycles. The number of rotatable bonds is 9. The number of halogens is 1. The predicted octanol–water partition coefficient (Wildman–Crippen LogP) is 4.04. The van der Waals surface area contributed by atoms with E-state index in [1.165, 1.54) is 6.42 Å². The number of benzene rings is 2. The summed E-state index contributed by atoms with van der Waals surface area (Å²) in [5.41, 5.74) is 2.14. The molecule has 2 aromatic rings. The molecule has 1 amide bonds. The molecule has 0 saturated carbocycles. The Hall–Kier alpha value is -2.24. The highest BCUT2D eigenvalue weighted by Crippen LogP contribution is 2.29. The van der Waals surface area contributed by atoms with E-state index in [-0.39, 0.29) is 18.3 Å². The van der Waals surface area contributed by atoms with Gasteiger partial charge in [0.2, 0.25) is 5.91 Å². The minimum Gasteiger partial charge on any atom is -0.493 e. The zero-order valence-electron chi connectivity index (χ0n) is 17.2. The van der Waals surface area contributed by atoms with Crippen LogP contribution in [0.2, 0.25) is 0 Å². The van der Waals surface area contributed by atoms with E-state index in [9.17, 15) is 4.79 Å². The summed E-state index contributed by atoms with van der Waals surface area (Å²) >= 11 is 0. The summed E-state index contributed by atoms with van der Waals surface area (Å²) in [5, 5.41) is 3.35. The van der Waals surface area contributed by atoms with Crippen LogP contribution in [0.4, 0.5) is 0 Å². The number of methoxy groups -OCH3 is 1. The van der Waals surface area contributed by atoms with E-state index < -0.39 is 0 Å². The Labute approximate surface area is 179 Å². The third-order valence-electron chi connectivity index (χ3n) is 5.24. The summed E-state index contributed by atoms with van der Waals surface area (Å²) in [6.07, 6.45) is 2.75. The van der Waals surface area contributed by atoms with Crippen LogP contribution in [-0.4, -0.2) is 38.1 Å². The number of hydrogen-bond acceptors (Lipinski definition) is 4. The molecule has 1 atom stereocenters. The van der Waals surface area contributed by atoms with Crippen molar-refractivity contribution in [3.05, 3.63) is 59.7 Å². The number of ether oxygens (including phenoxy) is 2. The van der Waals surface area contributed by atoms with Crippen molar-refractivity contribution in [3.63, 3.8) is 0 Å². The van der Waals surface area contributed by atoms with Gasteiger partial charge in [-0.25, -0.2) is 0 Å². The zero-order valence-corrected chi connectivity index (χ0v) is 18.0. The Morgan fingerprint density at radius 2 is 1.93 bits per heavy atom. The summed E-state index contributed by atoms with van der Waals surface area (Å²) in [4.78, 5) is 14.2.